The number of ether oxygens (including phenoxy) is 4. The molecule has 0 aliphatic heterocycles. The van der Waals surface area contributed by atoms with E-state index in [9.17, 15) is 33.6 Å². The standard InChI is InChI=1S/C32H46Cl3N5O11S/c1-18(2)24(40-26(43)23(15-52-17-36-20(4)41)38-25(42)19(3)37-30(47)51-31(5,6)7)28(45)48-14-22(27(44)50-16-32(33,34)35)39-29(46)49-13-21-11-9-8-10-12-21/h8-12,18-19,22-24H,13-17H2,1-7H3,(H,36,41)(H,37,47)(H,38,42)(H,39,46)(H,40,43)/t19-,22+,23-,24-/m0/s1. The molecule has 0 aromatic heterocycles. The molecule has 0 saturated carbocycles. The predicted octanol–water partition coefficient (Wildman–Crippen LogP) is 3.10. The minimum atomic E-state index is -1.98. The Bertz CT molecular complexity index is 1380. The van der Waals surface area contributed by atoms with Crippen LogP contribution in [0, 0.1) is 5.92 Å². The summed E-state index contributed by atoms with van der Waals surface area (Å²) >= 11 is 18.1. The fraction of sp³-hybridized carbons (Fsp3) is 0.594. The molecule has 5 N–H and O–H groups in total. The highest BCUT2D eigenvalue weighted by Crippen LogP contribution is 2.26. The number of thioether (sulfide) groups is 1. The van der Waals surface area contributed by atoms with Crippen LogP contribution in [0.3, 0.4) is 0 Å². The number of hydrogen-bond acceptors (Lipinski definition) is 12. The zero-order chi connectivity index (χ0) is 39.6. The molecule has 0 unspecified atom stereocenters. The maximum absolute atomic E-state index is 13.5. The summed E-state index contributed by atoms with van der Waals surface area (Å²) in [6.07, 6.45) is -1.90. The van der Waals surface area contributed by atoms with E-state index < -0.39 is 88.6 Å². The Morgan fingerprint density at radius 3 is 1.96 bits per heavy atom. The fourth-order valence-electron chi connectivity index (χ4n) is 3.70. The zero-order valence-corrected chi connectivity index (χ0v) is 32.9. The first kappa shape index (κ1) is 46.4. The molecule has 20 heteroatoms. The lowest BCUT2D eigenvalue weighted by Crippen LogP contribution is -2.57. The molecule has 4 atom stereocenters. The normalized spacial score (nSPS) is 13.7. The van der Waals surface area contributed by atoms with Gasteiger partial charge >= 0.3 is 24.1 Å². The Morgan fingerprint density at radius 2 is 1.40 bits per heavy atom. The van der Waals surface area contributed by atoms with Crippen LogP contribution in [0.5, 0.6) is 0 Å². The van der Waals surface area contributed by atoms with Gasteiger partial charge in [0.05, 0.1) is 5.88 Å². The summed E-state index contributed by atoms with van der Waals surface area (Å²) in [5.41, 5.74) is -0.164. The van der Waals surface area contributed by atoms with E-state index in [4.69, 9.17) is 53.8 Å². The first-order chi connectivity index (χ1) is 24.1. The first-order valence-corrected chi connectivity index (χ1v) is 18.2. The highest BCUT2D eigenvalue weighted by Gasteiger charge is 2.34. The number of nitrogens with one attached hydrogen (secondary N) is 5. The Labute approximate surface area is 321 Å². The minimum Gasteiger partial charge on any atom is -0.461 e. The number of carbonyl (C=O) groups is 7. The van der Waals surface area contributed by atoms with Gasteiger partial charge in [-0.05, 0) is 39.2 Å². The number of alkyl carbamates (subject to hydrolysis) is 2. The monoisotopic (exact) mass is 813 g/mol. The Balaban J connectivity index is 3.06. The summed E-state index contributed by atoms with van der Waals surface area (Å²) in [7, 11) is 0. The van der Waals surface area contributed by atoms with Crippen molar-refractivity contribution < 1.29 is 52.5 Å². The SMILES string of the molecule is CC(=O)NCSC[C@H](NC(=O)[C@H](C)NC(=O)OC(C)(C)C)C(=O)N[C@H](C(=O)OC[C@@H](NC(=O)OCc1ccccc1)C(=O)OCC(Cl)(Cl)Cl)C(C)C. The number of alkyl halides is 3. The Morgan fingerprint density at radius 1 is 0.769 bits per heavy atom. The van der Waals surface area contributed by atoms with E-state index in [2.05, 4.69) is 26.6 Å². The zero-order valence-electron chi connectivity index (χ0n) is 29.8. The van der Waals surface area contributed by atoms with Crippen LogP contribution in [0.15, 0.2) is 30.3 Å². The molecule has 1 aromatic rings. The van der Waals surface area contributed by atoms with Gasteiger partial charge in [-0.25, -0.2) is 19.2 Å². The van der Waals surface area contributed by atoms with Crippen molar-refractivity contribution in [3.8, 4) is 0 Å². The van der Waals surface area contributed by atoms with Gasteiger partial charge in [-0.2, -0.15) is 0 Å². The van der Waals surface area contributed by atoms with E-state index >= 15 is 0 Å². The average Bonchev–Trinajstić information content (AvgIpc) is 3.03. The van der Waals surface area contributed by atoms with Crippen molar-refractivity contribution in [2.75, 3.05) is 24.8 Å². The van der Waals surface area contributed by atoms with Gasteiger partial charge in [0.2, 0.25) is 21.5 Å². The number of carbonyl (C=O) groups excluding carboxylic acids is 7. The second-order valence-electron chi connectivity index (χ2n) is 12.5. The molecule has 1 aromatic carbocycles. The second-order valence-corrected chi connectivity index (χ2v) is 16.1. The van der Waals surface area contributed by atoms with Crippen LogP contribution in [0.1, 0.15) is 54.0 Å². The maximum Gasteiger partial charge on any atom is 0.408 e. The van der Waals surface area contributed by atoms with Crippen LogP contribution in [0.2, 0.25) is 0 Å². The van der Waals surface area contributed by atoms with Gasteiger partial charge in [0.1, 0.15) is 43.5 Å². The van der Waals surface area contributed by atoms with Crippen LogP contribution in [0.4, 0.5) is 9.59 Å². The molecule has 0 bridgehead atoms. The van der Waals surface area contributed by atoms with E-state index in [0.717, 1.165) is 11.8 Å². The average molecular weight is 815 g/mol. The smallest absolute Gasteiger partial charge is 0.408 e. The molecule has 52 heavy (non-hydrogen) atoms. The molecule has 0 saturated heterocycles. The van der Waals surface area contributed by atoms with E-state index in [1.165, 1.54) is 13.8 Å². The number of benzene rings is 1. The van der Waals surface area contributed by atoms with Crippen molar-refractivity contribution >= 4 is 88.4 Å². The van der Waals surface area contributed by atoms with Gasteiger partial charge in [-0.3, -0.25) is 14.4 Å². The van der Waals surface area contributed by atoms with Gasteiger partial charge in [-0.15, -0.1) is 11.8 Å². The summed E-state index contributed by atoms with van der Waals surface area (Å²) < 4.78 is 18.6. The Hall–Kier alpha value is -3.67. The second kappa shape index (κ2) is 22.4. The lowest BCUT2D eigenvalue weighted by Gasteiger charge is -2.26. The summed E-state index contributed by atoms with van der Waals surface area (Å²) in [6.45, 7) is 9.25. The molecule has 0 radical (unpaired) electrons. The van der Waals surface area contributed by atoms with Gasteiger partial charge in [0, 0.05) is 12.7 Å². The molecule has 1 rings (SSSR count). The maximum atomic E-state index is 13.5. The van der Waals surface area contributed by atoms with E-state index in [1.807, 2.05) is 0 Å². The lowest BCUT2D eigenvalue weighted by molar-refractivity contribution is -0.155. The van der Waals surface area contributed by atoms with Crippen molar-refractivity contribution in [3.05, 3.63) is 35.9 Å². The largest absolute Gasteiger partial charge is 0.461 e. The lowest BCUT2D eigenvalue weighted by atomic mass is 10.0. The number of amides is 5. The molecule has 0 fully saturated rings. The molecule has 16 nitrogen and oxygen atoms in total. The molecular formula is C32H46Cl3N5O11S. The molecular weight excluding hydrogens is 769 g/mol. The summed E-state index contributed by atoms with van der Waals surface area (Å²) in [4.78, 5) is 88.6. The van der Waals surface area contributed by atoms with E-state index in [-0.39, 0.29) is 24.1 Å². The quantitative estimate of drug-likeness (QED) is 0.0475. The van der Waals surface area contributed by atoms with Crippen molar-refractivity contribution in [1.82, 2.24) is 26.6 Å². The van der Waals surface area contributed by atoms with Gasteiger partial charge in [0.25, 0.3) is 0 Å². The number of esters is 2. The van der Waals surface area contributed by atoms with Gasteiger partial charge in [-0.1, -0.05) is 79.0 Å². The van der Waals surface area contributed by atoms with Gasteiger partial charge < -0.3 is 45.5 Å². The van der Waals surface area contributed by atoms with E-state index in [0.29, 0.717) is 5.56 Å². The van der Waals surface area contributed by atoms with Crippen molar-refractivity contribution in [3.63, 3.8) is 0 Å². The molecule has 0 aliphatic carbocycles. The van der Waals surface area contributed by atoms with Crippen LogP contribution in [0.25, 0.3) is 0 Å². The highest BCUT2D eigenvalue weighted by molar-refractivity contribution is 7.99. The number of rotatable bonds is 18. The highest BCUT2D eigenvalue weighted by atomic mass is 35.6. The third-order valence-corrected chi connectivity index (χ3v) is 7.49. The van der Waals surface area contributed by atoms with Crippen molar-refractivity contribution in [1.29, 1.82) is 0 Å². The molecule has 0 aliphatic rings. The van der Waals surface area contributed by atoms with Gasteiger partial charge in [0.15, 0.2) is 6.04 Å². The number of halogens is 3. The van der Waals surface area contributed by atoms with Crippen molar-refractivity contribution in [2.45, 2.75) is 88.6 Å². The van der Waals surface area contributed by atoms with Crippen molar-refractivity contribution in [2.24, 2.45) is 5.92 Å². The summed E-state index contributed by atoms with van der Waals surface area (Å²) in [6, 6.07) is 3.37. The molecule has 0 heterocycles. The molecule has 292 valence electrons. The van der Waals surface area contributed by atoms with Crippen LogP contribution < -0.4 is 26.6 Å². The number of hydrogen-bond donors (Lipinski definition) is 5. The van der Waals surface area contributed by atoms with E-state index in [1.54, 1.807) is 65.0 Å². The van der Waals surface area contributed by atoms with Crippen LogP contribution in [-0.2, 0) is 49.5 Å². The minimum absolute atomic E-state index is 0.0526. The fourth-order valence-corrected chi connectivity index (χ4v) is 4.75. The predicted molar refractivity (Wildman–Crippen MR) is 194 cm³/mol. The van der Waals surface area contributed by atoms with Crippen LogP contribution >= 0.6 is 46.6 Å². The third kappa shape index (κ3) is 20.4. The van der Waals surface area contributed by atoms with Crippen LogP contribution in [-0.4, -0.2) is 100 Å². The molecule has 0 spiro atoms. The summed E-state index contributed by atoms with van der Waals surface area (Å²) in [5.74, 6) is -4.50. The third-order valence-electron chi connectivity index (χ3n) is 6.25. The summed E-state index contributed by atoms with van der Waals surface area (Å²) in [5, 5.41) is 12.3. The first-order valence-electron chi connectivity index (χ1n) is 15.9. The molecule has 5 amide bonds. The topological polar surface area (TPSA) is 217 Å². The Kier molecular flexibility index (Phi) is 20.0.